The van der Waals surface area contributed by atoms with E-state index >= 15 is 0 Å². The van der Waals surface area contributed by atoms with Crippen molar-refractivity contribution in [2.45, 2.75) is 12.8 Å². The number of rotatable bonds is 9. The van der Waals surface area contributed by atoms with Crippen LogP contribution in [0, 0.1) is 5.82 Å². The number of aliphatic hydroxyl groups is 1. The van der Waals surface area contributed by atoms with Crippen LogP contribution in [0.1, 0.15) is 12.0 Å². The van der Waals surface area contributed by atoms with Crippen molar-refractivity contribution in [2.75, 3.05) is 33.5 Å². The molecule has 1 aromatic rings. The Morgan fingerprint density at radius 2 is 2.20 bits per heavy atom. The van der Waals surface area contributed by atoms with E-state index in [0.29, 0.717) is 31.7 Å². The molecule has 1 rings (SSSR count). The number of halogens is 1. The van der Waals surface area contributed by atoms with Gasteiger partial charge in [0.25, 0.3) is 0 Å². The van der Waals surface area contributed by atoms with Crippen molar-refractivity contribution in [1.82, 2.24) is 5.32 Å². The summed E-state index contributed by atoms with van der Waals surface area (Å²) in [5.74, 6) is -0.484. The Morgan fingerprint density at radius 1 is 1.40 bits per heavy atom. The lowest BCUT2D eigenvalue weighted by atomic mass is 10.1. The predicted molar refractivity (Wildman–Crippen MR) is 72.2 cm³/mol. The van der Waals surface area contributed by atoms with Gasteiger partial charge in [0.1, 0.15) is 0 Å². The standard InChI is InChI=1S/C14H20FNO4/c1-19-13-4-3-11(9-12(13)15)10-14(18)16-5-2-7-20-8-6-17/h3-4,9,17H,2,5-8,10H2,1H3,(H,16,18). The van der Waals surface area contributed by atoms with Gasteiger partial charge in [0.15, 0.2) is 11.6 Å². The van der Waals surface area contributed by atoms with E-state index in [1.165, 1.54) is 19.2 Å². The number of carbonyl (C=O) groups is 1. The molecule has 0 aliphatic carbocycles. The van der Waals surface area contributed by atoms with Crippen LogP contribution in [0.15, 0.2) is 18.2 Å². The molecule has 0 bridgehead atoms. The van der Waals surface area contributed by atoms with Gasteiger partial charge in [-0.1, -0.05) is 6.07 Å². The van der Waals surface area contributed by atoms with Crippen molar-refractivity contribution in [3.8, 4) is 5.75 Å². The van der Waals surface area contributed by atoms with Crippen molar-refractivity contribution < 1.29 is 23.8 Å². The van der Waals surface area contributed by atoms with Crippen LogP contribution in [0.4, 0.5) is 4.39 Å². The summed E-state index contributed by atoms with van der Waals surface area (Å²) >= 11 is 0. The fourth-order valence-corrected chi connectivity index (χ4v) is 1.64. The maximum absolute atomic E-state index is 13.4. The molecule has 5 nitrogen and oxygen atoms in total. The van der Waals surface area contributed by atoms with Gasteiger partial charge in [-0.15, -0.1) is 0 Å². The number of aliphatic hydroxyl groups excluding tert-OH is 1. The molecular formula is C14H20FNO4. The van der Waals surface area contributed by atoms with Gasteiger partial charge < -0.3 is 19.9 Å². The summed E-state index contributed by atoms with van der Waals surface area (Å²) in [5.41, 5.74) is 0.595. The van der Waals surface area contributed by atoms with Gasteiger partial charge >= 0.3 is 0 Å². The second-order valence-corrected chi connectivity index (χ2v) is 4.19. The summed E-state index contributed by atoms with van der Waals surface area (Å²) < 4.78 is 23.3. The highest BCUT2D eigenvalue weighted by Gasteiger charge is 2.07. The van der Waals surface area contributed by atoms with Crippen LogP contribution in [0.5, 0.6) is 5.75 Å². The third kappa shape index (κ3) is 5.99. The summed E-state index contributed by atoms with van der Waals surface area (Å²) in [6.07, 6.45) is 0.793. The zero-order valence-corrected chi connectivity index (χ0v) is 11.5. The lowest BCUT2D eigenvalue weighted by molar-refractivity contribution is -0.120. The first-order valence-electron chi connectivity index (χ1n) is 6.45. The molecule has 0 spiro atoms. The molecule has 6 heteroatoms. The Kier molecular flexibility index (Phi) is 7.60. The quantitative estimate of drug-likeness (QED) is 0.661. The van der Waals surface area contributed by atoms with Gasteiger partial charge in [0.2, 0.25) is 5.91 Å². The van der Waals surface area contributed by atoms with Crippen molar-refractivity contribution in [2.24, 2.45) is 0 Å². The van der Waals surface area contributed by atoms with Gasteiger partial charge in [-0.3, -0.25) is 4.79 Å². The minimum Gasteiger partial charge on any atom is -0.494 e. The molecule has 0 aromatic heterocycles. The zero-order chi connectivity index (χ0) is 14.8. The van der Waals surface area contributed by atoms with Gasteiger partial charge in [0, 0.05) is 13.2 Å². The van der Waals surface area contributed by atoms with E-state index in [-0.39, 0.29) is 24.7 Å². The Balaban J connectivity index is 2.26. The Bertz CT molecular complexity index is 426. The summed E-state index contributed by atoms with van der Waals surface area (Å²) in [7, 11) is 1.39. The molecule has 0 saturated heterocycles. The molecule has 2 N–H and O–H groups in total. The summed E-state index contributed by atoms with van der Waals surface area (Å²) in [6, 6.07) is 4.45. The minimum atomic E-state index is -0.477. The monoisotopic (exact) mass is 285 g/mol. The topological polar surface area (TPSA) is 67.8 Å². The molecule has 0 atom stereocenters. The maximum atomic E-state index is 13.4. The van der Waals surface area contributed by atoms with Gasteiger partial charge in [-0.2, -0.15) is 0 Å². The molecule has 0 aliphatic rings. The van der Waals surface area contributed by atoms with Crippen LogP contribution in [0.3, 0.4) is 0 Å². The highest BCUT2D eigenvalue weighted by Crippen LogP contribution is 2.17. The number of nitrogens with one attached hydrogen (secondary N) is 1. The minimum absolute atomic E-state index is 0.00457. The van der Waals surface area contributed by atoms with Crippen LogP contribution in [-0.2, 0) is 16.0 Å². The SMILES string of the molecule is COc1ccc(CC(=O)NCCCOCCO)cc1F. The molecule has 0 radical (unpaired) electrons. The Labute approximate surface area is 117 Å². The number of hydrogen-bond acceptors (Lipinski definition) is 4. The van der Waals surface area contributed by atoms with E-state index in [9.17, 15) is 9.18 Å². The molecule has 0 aliphatic heterocycles. The van der Waals surface area contributed by atoms with E-state index in [2.05, 4.69) is 5.32 Å². The second-order valence-electron chi connectivity index (χ2n) is 4.19. The number of methoxy groups -OCH3 is 1. The molecule has 20 heavy (non-hydrogen) atoms. The first kappa shape index (κ1) is 16.4. The van der Waals surface area contributed by atoms with E-state index in [0.717, 1.165) is 0 Å². The Hall–Kier alpha value is -1.66. The van der Waals surface area contributed by atoms with E-state index in [1.54, 1.807) is 6.07 Å². The smallest absolute Gasteiger partial charge is 0.224 e. The first-order chi connectivity index (χ1) is 9.67. The number of ether oxygens (including phenoxy) is 2. The molecule has 0 saturated carbocycles. The van der Waals surface area contributed by atoms with Crippen LogP contribution in [-0.4, -0.2) is 44.5 Å². The third-order valence-corrected chi connectivity index (χ3v) is 2.60. The fourth-order valence-electron chi connectivity index (χ4n) is 1.64. The molecule has 1 aromatic carbocycles. The third-order valence-electron chi connectivity index (χ3n) is 2.60. The highest BCUT2D eigenvalue weighted by atomic mass is 19.1. The van der Waals surface area contributed by atoms with Crippen LogP contribution in [0.25, 0.3) is 0 Å². The molecule has 1 amide bonds. The Morgan fingerprint density at radius 3 is 2.85 bits per heavy atom. The first-order valence-corrected chi connectivity index (χ1v) is 6.45. The van der Waals surface area contributed by atoms with Crippen LogP contribution >= 0.6 is 0 Å². The van der Waals surface area contributed by atoms with Gasteiger partial charge in [-0.25, -0.2) is 4.39 Å². The van der Waals surface area contributed by atoms with Crippen molar-refractivity contribution >= 4 is 5.91 Å². The largest absolute Gasteiger partial charge is 0.494 e. The number of amides is 1. The average molecular weight is 285 g/mol. The van der Waals surface area contributed by atoms with Crippen molar-refractivity contribution in [1.29, 1.82) is 0 Å². The molecule has 0 unspecified atom stereocenters. The molecule has 112 valence electrons. The fraction of sp³-hybridized carbons (Fsp3) is 0.500. The number of carbonyl (C=O) groups excluding carboxylic acids is 1. The van der Waals surface area contributed by atoms with Crippen molar-refractivity contribution in [3.05, 3.63) is 29.6 Å². The van der Waals surface area contributed by atoms with Crippen molar-refractivity contribution in [3.63, 3.8) is 0 Å². The van der Waals surface area contributed by atoms with E-state index < -0.39 is 5.82 Å². The summed E-state index contributed by atoms with van der Waals surface area (Å²) in [5, 5.41) is 11.2. The molecular weight excluding hydrogens is 265 g/mol. The highest BCUT2D eigenvalue weighted by molar-refractivity contribution is 5.78. The van der Waals surface area contributed by atoms with Crippen LogP contribution in [0.2, 0.25) is 0 Å². The number of benzene rings is 1. The predicted octanol–water partition coefficient (Wildman–Crippen LogP) is 0.892. The molecule has 0 fully saturated rings. The average Bonchev–Trinajstić information content (AvgIpc) is 2.43. The maximum Gasteiger partial charge on any atom is 0.224 e. The van der Waals surface area contributed by atoms with Gasteiger partial charge in [0.05, 0.1) is 26.7 Å². The lowest BCUT2D eigenvalue weighted by Gasteiger charge is -2.07. The normalized spacial score (nSPS) is 10.3. The molecule has 0 heterocycles. The van der Waals surface area contributed by atoms with E-state index in [1.807, 2.05) is 0 Å². The number of hydrogen-bond donors (Lipinski definition) is 2. The van der Waals surface area contributed by atoms with E-state index in [4.69, 9.17) is 14.6 Å². The second kappa shape index (κ2) is 9.28. The zero-order valence-electron chi connectivity index (χ0n) is 11.5. The van der Waals surface area contributed by atoms with Gasteiger partial charge in [-0.05, 0) is 24.1 Å². The summed E-state index contributed by atoms with van der Waals surface area (Å²) in [6.45, 7) is 1.27. The lowest BCUT2D eigenvalue weighted by Crippen LogP contribution is -2.27. The summed E-state index contributed by atoms with van der Waals surface area (Å²) in [4.78, 5) is 11.6. The van der Waals surface area contributed by atoms with Crippen LogP contribution < -0.4 is 10.1 Å².